The molecule has 4 aromatic rings. The topological polar surface area (TPSA) is 77.8 Å². The van der Waals surface area contributed by atoms with Crippen LogP contribution in [0.15, 0.2) is 43.0 Å². The Balaban J connectivity index is 1.96. The molecule has 1 aliphatic rings. The highest BCUT2D eigenvalue weighted by Crippen LogP contribution is 2.42. The number of fused-ring (bicyclic) bond motifs is 7. The molecule has 1 unspecified atom stereocenters. The normalized spacial score (nSPS) is 16.9. The van der Waals surface area contributed by atoms with Crippen molar-refractivity contribution in [3.63, 3.8) is 0 Å². The number of nitrogens with one attached hydrogen (secondary N) is 3. The van der Waals surface area contributed by atoms with Crippen LogP contribution in [0.25, 0.3) is 38.8 Å². The van der Waals surface area contributed by atoms with E-state index >= 15 is 0 Å². The van der Waals surface area contributed by atoms with E-state index in [4.69, 9.17) is 0 Å². The third kappa shape index (κ3) is 2.44. The van der Waals surface area contributed by atoms with Gasteiger partial charge in [-0.25, -0.2) is 8.78 Å². The molecule has 5 rings (SSSR count). The van der Waals surface area contributed by atoms with Crippen molar-refractivity contribution in [3.05, 3.63) is 65.7 Å². The molecule has 3 heterocycles. The van der Waals surface area contributed by atoms with Crippen LogP contribution in [0, 0.1) is 11.6 Å². The van der Waals surface area contributed by atoms with E-state index in [1.165, 1.54) is 24.3 Å². The second kappa shape index (κ2) is 5.88. The van der Waals surface area contributed by atoms with Crippen LogP contribution in [0.1, 0.15) is 24.0 Å². The first kappa shape index (κ1) is 17.4. The van der Waals surface area contributed by atoms with Gasteiger partial charge in [0.05, 0.1) is 17.3 Å². The van der Waals surface area contributed by atoms with Gasteiger partial charge in [-0.3, -0.25) is 14.9 Å². The molecule has 7 heteroatoms. The van der Waals surface area contributed by atoms with Crippen molar-refractivity contribution < 1.29 is 18.4 Å². The molecule has 3 N–H and O–H groups in total. The monoisotopic (exact) mass is 391 g/mol. The number of carbonyl (C=O) groups excluding carboxylic acids is 2. The third-order valence-corrected chi connectivity index (χ3v) is 5.45. The molecule has 0 fully saturated rings. The Hall–Kier alpha value is -3.74. The van der Waals surface area contributed by atoms with Crippen LogP contribution in [0.3, 0.4) is 0 Å². The number of amides is 2. The summed E-state index contributed by atoms with van der Waals surface area (Å²) in [5.74, 6) is -2.83. The van der Waals surface area contributed by atoms with Crippen molar-refractivity contribution in [1.29, 1.82) is 0 Å². The van der Waals surface area contributed by atoms with E-state index in [0.29, 0.717) is 44.3 Å². The highest BCUT2D eigenvalue weighted by atomic mass is 19.1. The predicted octanol–water partition coefficient (Wildman–Crippen LogP) is 4.37. The number of aromatic amines is 2. The molecule has 0 saturated heterocycles. The summed E-state index contributed by atoms with van der Waals surface area (Å²) in [6.45, 7) is 5.50. The largest absolute Gasteiger partial charge is 0.353 e. The van der Waals surface area contributed by atoms with Crippen LogP contribution in [-0.4, -0.2) is 21.8 Å². The number of H-pyrrole nitrogens is 2. The number of halogens is 2. The highest BCUT2D eigenvalue weighted by Gasteiger charge is 2.32. The second-order valence-corrected chi connectivity index (χ2v) is 7.19. The number of aromatic nitrogens is 2. The lowest BCUT2D eigenvalue weighted by molar-refractivity contribution is -0.128. The first-order valence-electron chi connectivity index (χ1n) is 9.02. The average molecular weight is 391 g/mol. The number of carbonyl (C=O) groups is 2. The van der Waals surface area contributed by atoms with Gasteiger partial charge in [0.2, 0.25) is 5.91 Å². The van der Waals surface area contributed by atoms with Gasteiger partial charge in [-0.15, -0.1) is 0 Å². The standard InChI is InChI=1S/C22H15F2N3O2/c1-9-17-13-7-11(23)3-5-15(13)25-19(17)20-18(10(2)22(29)27-21(9)28)14-8-12(24)4-6-16(14)26-20/h3-8,10,25-26H,1H2,2H3,(H,27,28,29). The van der Waals surface area contributed by atoms with Gasteiger partial charge in [0.1, 0.15) is 11.6 Å². The molecule has 29 heavy (non-hydrogen) atoms. The Morgan fingerprint density at radius 1 is 0.897 bits per heavy atom. The average Bonchev–Trinajstić information content (AvgIpc) is 3.23. The van der Waals surface area contributed by atoms with Crippen LogP contribution < -0.4 is 5.32 Å². The maximum Gasteiger partial charge on any atom is 0.257 e. The molecule has 0 bridgehead atoms. The lowest BCUT2D eigenvalue weighted by Gasteiger charge is -2.11. The molecular formula is C22H15F2N3O2. The van der Waals surface area contributed by atoms with Crippen LogP contribution in [0.4, 0.5) is 8.78 Å². The summed E-state index contributed by atoms with van der Waals surface area (Å²) in [4.78, 5) is 31.8. The fourth-order valence-corrected chi connectivity index (χ4v) is 4.04. The molecule has 0 spiro atoms. The van der Waals surface area contributed by atoms with Crippen molar-refractivity contribution >= 4 is 39.2 Å². The summed E-state index contributed by atoms with van der Waals surface area (Å²) in [5.41, 5.74) is 3.27. The first-order valence-corrected chi connectivity index (χ1v) is 9.02. The quantitative estimate of drug-likeness (QED) is 0.308. The molecule has 144 valence electrons. The fourth-order valence-electron chi connectivity index (χ4n) is 4.04. The Morgan fingerprint density at radius 3 is 2.17 bits per heavy atom. The molecule has 2 amide bonds. The van der Waals surface area contributed by atoms with E-state index < -0.39 is 29.4 Å². The van der Waals surface area contributed by atoms with Gasteiger partial charge >= 0.3 is 0 Å². The zero-order chi connectivity index (χ0) is 20.4. The van der Waals surface area contributed by atoms with Gasteiger partial charge in [-0.2, -0.15) is 0 Å². The first-order chi connectivity index (χ1) is 13.8. The summed E-state index contributed by atoms with van der Waals surface area (Å²) in [7, 11) is 0. The molecule has 2 aromatic heterocycles. The molecule has 0 radical (unpaired) electrons. The van der Waals surface area contributed by atoms with Gasteiger partial charge in [0, 0.05) is 32.9 Å². The third-order valence-electron chi connectivity index (χ3n) is 5.45. The minimum absolute atomic E-state index is 0.0371. The van der Waals surface area contributed by atoms with Gasteiger partial charge in [0.15, 0.2) is 0 Å². The van der Waals surface area contributed by atoms with E-state index in [2.05, 4.69) is 21.9 Å². The number of hydrogen-bond acceptors (Lipinski definition) is 2. The summed E-state index contributed by atoms with van der Waals surface area (Å²) >= 11 is 0. The lowest BCUT2D eigenvalue weighted by Crippen LogP contribution is -2.33. The van der Waals surface area contributed by atoms with E-state index in [1.54, 1.807) is 19.1 Å². The Labute approximate surface area is 163 Å². The van der Waals surface area contributed by atoms with E-state index in [1.807, 2.05) is 0 Å². The number of rotatable bonds is 0. The molecular weight excluding hydrogens is 376 g/mol. The minimum Gasteiger partial charge on any atom is -0.353 e. The maximum absolute atomic E-state index is 14.0. The van der Waals surface area contributed by atoms with E-state index in [9.17, 15) is 18.4 Å². The van der Waals surface area contributed by atoms with Crippen molar-refractivity contribution in [3.8, 4) is 11.4 Å². The van der Waals surface area contributed by atoms with Crippen molar-refractivity contribution in [2.75, 3.05) is 0 Å². The molecule has 1 atom stereocenters. The maximum atomic E-state index is 14.0. The van der Waals surface area contributed by atoms with Crippen molar-refractivity contribution in [1.82, 2.24) is 15.3 Å². The van der Waals surface area contributed by atoms with Crippen LogP contribution in [0.5, 0.6) is 0 Å². The predicted molar refractivity (Wildman–Crippen MR) is 106 cm³/mol. The fraction of sp³-hybridized carbons (Fsp3) is 0.0909. The Bertz CT molecular complexity index is 1380. The molecule has 2 aromatic carbocycles. The molecule has 5 nitrogen and oxygen atoms in total. The highest BCUT2D eigenvalue weighted by molar-refractivity contribution is 6.28. The Kier molecular flexibility index (Phi) is 3.52. The number of imide groups is 1. The zero-order valence-electron chi connectivity index (χ0n) is 15.3. The van der Waals surface area contributed by atoms with Crippen LogP contribution in [-0.2, 0) is 9.59 Å². The summed E-state index contributed by atoms with van der Waals surface area (Å²) in [5, 5.41) is 3.36. The van der Waals surface area contributed by atoms with Crippen molar-refractivity contribution in [2.24, 2.45) is 0 Å². The number of hydrogen-bond donors (Lipinski definition) is 3. The second-order valence-electron chi connectivity index (χ2n) is 7.19. The summed E-state index contributed by atoms with van der Waals surface area (Å²) in [6.07, 6.45) is 0. The van der Waals surface area contributed by atoms with Gasteiger partial charge in [-0.05, 0) is 48.9 Å². The van der Waals surface area contributed by atoms with Crippen molar-refractivity contribution in [2.45, 2.75) is 12.8 Å². The minimum atomic E-state index is -0.744. The van der Waals surface area contributed by atoms with E-state index in [-0.39, 0.29) is 5.57 Å². The smallest absolute Gasteiger partial charge is 0.257 e. The van der Waals surface area contributed by atoms with Crippen LogP contribution in [0.2, 0.25) is 0 Å². The van der Waals surface area contributed by atoms with E-state index in [0.717, 1.165) is 0 Å². The molecule has 1 aliphatic heterocycles. The van der Waals surface area contributed by atoms with Crippen LogP contribution >= 0.6 is 0 Å². The molecule has 0 saturated carbocycles. The molecule has 0 aliphatic carbocycles. The van der Waals surface area contributed by atoms with Gasteiger partial charge < -0.3 is 9.97 Å². The zero-order valence-corrected chi connectivity index (χ0v) is 15.3. The summed E-state index contributed by atoms with van der Waals surface area (Å²) in [6, 6.07) is 8.47. The van der Waals surface area contributed by atoms with Gasteiger partial charge in [0.25, 0.3) is 5.91 Å². The lowest BCUT2D eigenvalue weighted by atomic mass is 9.94. The number of benzene rings is 2. The summed E-state index contributed by atoms with van der Waals surface area (Å²) < 4.78 is 27.9. The SMILES string of the molecule is C=C1C(=O)NC(=O)C(C)c2c([nH]c3ccc(F)cc23)-c2[nH]c3ccc(F)cc3c21. The van der Waals surface area contributed by atoms with Gasteiger partial charge in [-0.1, -0.05) is 6.58 Å². The Morgan fingerprint density at radius 2 is 1.48 bits per heavy atom.